The molecule has 0 aromatic carbocycles. The maximum Gasteiger partial charge on any atom is 0.159 e. The molecule has 0 unspecified atom stereocenters. The predicted molar refractivity (Wildman–Crippen MR) is 55.9 cm³/mol. The molecule has 0 aromatic rings. The molecule has 0 amide bonds. The second kappa shape index (κ2) is 3.22. The minimum Gasteiger partial charge on any atom is -0.295 e. The first-order valence-corrected chi connectivity index (χ1v) is 6.10. The Hall–Kier alpha value is -0.590. The van der Waals surface area contributed by atoms with E-state index in [2.05, 4.69) is 0 Å². The zero-order valence-corrected chi connectivity index (χ0v) is 8.67. The zero-order valence-electron chi connectivity index (χ0n) is 8.67. The van der Waals surface area contributed by atoms with Crippen LogP contribution in [0.15, 0.2) is 11.6 Å². The Kier molecular flexibility index (Phi) is 2.00. The van der Waals surface area contributed by atoms with Crippen molar-refractivity contribution < 1.29 is 4.79 Å². The Labute approximate surface area is 85.6 Å². The third-order valence-corrected chi connectivity index (χ3v) is 4.49. The second-order valence-corrected chi connectivity index (χ2v) is 5.18. The van der Waals surface area contributed by atoms with Gasteiger partial charge in [-0.15, -0.1) is 0 Å². The van der Waals surface area contributed by atoms with Crippen molar-refractivity contribution in [1.29, 1.82) is 0 Å². The van der Waals surface area contributed by atoms with E-state index in [4.69, 9.17) is 0 Å². The summed E-state index contributed by atoms with van der Waals surface area (Å²) in [4.78, 5) is 11.9. The lowest BCUT2D eigenvalue weighted by Crippen LogP contribution is -2.35. The first-order valence-electron chi connectivity index (χ1n) is 6.10. The molecule has 2 saturated carbocycles. The smallest absolute Gasteiger partial charge is 0.159 e. The molecule has 0 saturated heterocycles. The second-order valence-electron chi connectivity index (χ2n) is 5.18. The van der Waals surface area contributed by atoms with Gasteiger partial charge in [-0.25, -0.2) is 0 Å². The molecular weight excluding hydrogens is 172 g/mol. The number of ketones is 1. The summed E-state index contributed by atoms with van der Waals surface area (Å²) in [7, 11) is 0. The van der Waals surface area contributed by atoms with Crippen molar-refractivity contribution in [3.8, 4) is 0 Å². The molecule has 0 aromatic heterocycles. The monoisotopic (exact) mass is 190 g/mol. The first-order chi connectivity index (χ1) is 6.86. The molecule has 0 aliphatic heterocycles. The fraction of sp³-hybridized carbons (Fsp3) is 0.769. The van der Waals surface area contributed by atoms with Crippen molar-refractivity contribution in [3.63, 3.8) is 0 Å². The van der Waals surface area contributed by atoms with Crippen LogP contribution in [0.4, 0.5) is 0 Å². The quantitative estimate of drug-likeness (QED) is 0.573. The number of carbonyl (C=O) groups excluding carboxylic acids is 1. The lowest BCUT2D eigenvalue weighted by atomic mass is 9.66. The van der Waals surface area contributed by atoms with Gasteiger partial charge in [-0.1, -0.05) is 18.4 Å². The summed E-state index contributed by atoms with van der Waals surface area (Å²) in [5.41, 5.74) is 1.50. The molecule has 14 heavy (non-hydrogen) atoms. The van der Waals surface area contributed by atoms with Gasteiger partial charge in [-0.05, 0) is 50.0 Å². The van der Waals surface area contributed by atoms with Crippen LogP contribution in [-0.4, -0.2) is 5.78 Å². The van der Waals surface area contributed by atoms with Crippen molar-refractivity contribution in [2.24, 2.45) is 17.8 Å². The van der Waals surface area contributed by atoms with Crippen LogP contribution in [0.1, 0.15) is 44.9 Å². The standard InChI is InChI=1S/C13H18O/c14-13-8-9-4-3-7-10(9)11-5-1-2-6-12(11)13/h8,10-12H,1-7H2/t10-,11+,12+/m1/s1. The average molecular weight is 190 g/mol. The highest BCUT2D eigenvalue weighted by atomic mass is 16.1. The maximum absolute atomic E-state index is 11.9. The minimum absolute atomic E-state index is 0.413. The molecule has 2 fully saturated rings. The molecule has 76 valence electrons. The first kappa shape index (κ1) is 8.70. The van der Waals surface area contributed by atoms with E-state index in [0.29, 0.717) is 11.7 Å². The van der Waals surface area contributed by atoms with Crippen molar-refractivity contribution >= 4 is 5.78 Å². The van der Waals surface area contributed by atoms with Gasteiger partial charge in [0.2, 0.25) is 0 Å². The topological polar surface area (TPSA) is 17.1 Å². The lowest BCUT2D eigenvalue weighted by Gasteiger charge is -2.38. The summed E-state index contributed by atoms with van der Waals surface area (Å²) in [6.45, 7) is 0. The molecule has 1 heteroatoms. The third kappa shape index (κ3) is 1.18. The number of fused-ring (bicyclic) bond motifs is 3. The number of rotatable bonds is 0. The molecule has 3 atom stereocenters. The number of hydrogen-bond acceptors (Lipinski definition) is 1. The van der Waals surface area contributed by atoms with E-state index in [1.54, 1.807) is 0 Å². The van der Waals surface area contributed by atoms with Crippen LogP contribution in [0.5, 0.6) is 0 Å². The number of allylic oxidation sites excluding steroid dienone is 2. The van der Waals surface area contributed by atoms with Crippen LogP contribution in [0, 0.1) is 17.8 Å². The van der Waals surface area contributed by atoms with Crippen molar-refractivity contribution in [3.05, 3.63) is 11.6 Å². The van der Waals surface area contributed by atoms with Crippen LogP contribution in [0.25, 0.3) is 0 Å². The highest BCUT2D eigenvalue weighted by molar-refractivity contribution is 5.93. The zero-order chi connectivity index (χ0) is 9.54. The Balaban J connectivity index is 1.94. The molecule has 0 radical (unpaired) electrons. The summed E-state index contributed by atoms with van der Waals surface area (Å²) in [6.07, 6.45) is 11.0. The molecule has 1 nitrogen and oxygen atoms in total. The van der Waals surface area contributed by atoms with Gasteiger partial charge in [-0.3, -0.25) is 4.79 Å². The summed E-state index contributed by atoms with van der Waals surface area (Å²) in [6, 6.07) is 0. The molecule has 3 aliphatic rings. The van der Waals surface area contributed by atoms with Gasteiger partial charge >= 0.3 is 0 Å². The van der Waals surface area contributed by atoms with Crippen LogP contribution < -0.4 is 0 Å². The van der Waals surface area contributed by atoms with Crippen LogP contribution in [-0.2, 0) is 4.79 Å². The molecule has 0 bridgehead atoms. The Morgan fingerprint density at radius 3 is 2.71 bits per heavy atom. The summed E-state index contributed by atoms with van der Waals surface area (Å²) in [5, 5.41) is 0. The van der Waals surface area contributed by atoms with Gasteiger partial charge in [-0.2, -0.15) is 0 Å². The molecule has 0 heterocycles. The Morgan fingerprint density at radius 2 is 1.79 bits per heavy atom. The SMILES string of the molecule is O=C1C=C2CCC[C@H]2[C@@H]2CCCC[C@H]12. The maximum atomic E-state index is 11.9. The fourth-order valence-electron chi connectivity index (χ4n) is 3.85. The normalized spacial score (nSPS) is 41.6. The van der Waals surface area contributed by atoms with E-state index in [1.165, 1.54) is 50.5 Å². The molecule has 0 N–H and O–H groups in total. The van der Waals surface area contributed by atoms with Gasteiger partial charge in [0, 0.05) is 5.92 Å². The van der Waals surface area contributed by atoms with E-state index in [1.807, 2.05) is 6.08 Å². The molecule has 0 spiro atoms. The minimum atomic E-state index is 0.413. The van der Waals surface area contributed by atoms with Crippen molar-refractivity contribution in [2.75, 3.05) is 0 Å². The number of carbonyl (C=O) groups is 1. The molecule has 3 aliphatic carbocycles. The van der Waals surface area contributed by atoms with Crippen LogP contribution >= 0.6 is 0 Å². The van der Waals surface area contributed by atoms with E-state index in [0.717, 1.165) is 11.8 Å². The molecule has 3 rings (SSSR count). The predicted octanol–water partition coefficient (Wildman–Crippen LogP) is 3.10. The van der Waals surface area contributed by atoms with E-state index < -0.39 is 0 Å². The van der Waals surface area contributed by atoms with Crippen molar-refractivity contribution in [1.82, 2.24) is 0 Å². The van der Waals surface area contributed by atoms with Gasteiger partial charge in [0.1, 0.15) is 0 Å². The summed E-state index contributed by atoms with van der Waals surface area (Å²) in [5.74, 6) is 2.41. The fourth-order valence-corrected chi connectivity index (χ4v) is 3.85. The van der Waals surface area contributed by atoms with E-state index in [9.17, 15) is 4.79 Å². The highest BCUT2D eigenvalue weighted by Gasteiger charge is 2.41. The van der Waals surface area contributed by atoms with Crippen molar-refractivity contribution in [2.45, 2.75) is 44.9 Å². The largest absolute Gasteiger partial charge is 0.295 e. The lowest BCUT2D eigenvalue weighted by molar-refractivity contribution is -0.122. The van der Waals surface area contributed by atoms with E-state index >= 15 is 0 Å². The van der Waals surface area contributed by atoms with Gasteiger partial charge in [0.25, 0.3) is 0 Å². The average Bonchev–Trinajstić information content (AvgIpc) is 2.66. The molecular formula is C13H18O. The highest BCUT2D eigenvalue weighted by Crippen LogP contribution is 2.48. The van der Waals surface area contributed by atoms with Crippen LogP contribution in [0.2, 0.25) is 0 Å². The summed E-state index contributed by atoms with van der Waals surface area (Å²) >= 11 is 0. The van der Waals surface area contributed by atoms with E-state index in [-0.39, 0.29) is 0 Å². The Bertz CT molecular complexity index is 290. The number of hydrogen-bond donors (Lipinski definition) is 0. The summed E-state index contributed by atoms with van der Waals surface area (Å²) < 4.78 is 0. The van der Waals surface area contributed by atoms with Gasteiger partial charge in [0.15, 0.2) is 5.78 Å². The third-order valence-electron chi connectivity index (χ3n) is 4.49. The van der Waals surface area contributed by atoms with Crippen LogP contribution in [0.3, 0.4) is 0 Å². The van der Waals surface area contributed by atoms with Gasteiger partial charge in [0.05, 0.1) is 0 Å². The van der Waals surface area contributed by atoms with Gasteiger partial charge < -0.3 is 0 Å². The Morgan fingerprint density at radius 1 is 1.00 bits per heavy atom.